The molecule has 80 valence electrons. The molecule has 0 aromatic carbocycles. The maximum Gasteiger partial charge on any atom is 0.0640 e. The maximum atomic E-state index is 6.19. The zero-order valence-electron chi connectivity index (χ0n) is 8.62. The molecule has 2 rings (SSSR count). The molecule has 1 unspecified atom stereocenters. The summed E-state index contributed by atoms with van der Waals surface area (Å²) in [6.45, 7) is 0. The van der Waals surface area contributed by atoms with Gasteiger partial charge in [-0.25, -0.2) is 0 Å². The quantitative estimate of drug-likeness (QED) is 0.781. The Hall–Kier alpha value is -0.860. The molecule has 0 spiro atoms. The van der Waals surface area contributed by atoms with Crippen molar-refractivity contribution in [2.45, 2.75) is 31.7 Å². The van der Waals surface area contributed by atoms with E-state index in [9.17, 15) is 0 Å². The zero-order valence-corrected chi connectivity index (χ0v) is 9.37. The molecule has 2 N–H and O–H groups in total. The van der Waals surface area contributed by atoms with Gasteiger partial charge in [-0.05, 0) is 37.3 Å². The van der Waals surface area contributed by atoms with Crippen molar-refractivity contribution in [3.63, 3.8) is 0 Å². The predicted molar refractivity (Wildman–Crippen MR) is 62.7 cm³/mol. The Labute approximate surface area is 95.2 Å². The minimum atomic E-state index is -0.0548. The Morgan fingerprint density at radius 2 is 2.27 bits per heavy atom. The third-order valence-electron chi connectivity index (χ3n) is 2.86. The van der Waals surface area contributed by atoms with Gasteiger partial charge >= 0.3 is 0 Å². The van der Waals surface area contributed by atoms with E-state index in [2.05, 4.69) is 11.1 Å². The first-order valence-corrected chi connectivity index (χ1v) is 5.71. The molecule has 2 nitrogen and oxygen atoms in total. The molecule has 1 aliphatic rings. The highest BCUT2D eigenvalue weighted by molar-refractivity contribution is 6.31. The van der Waals surface area contributed by atoms with Gasteiger partial charge in [0.2, 0.25) is 0 Å². The SMILES string of the molecule is NC(C1=CCCCC1)c1ccncc1Cl. The summed E-state index contributed by atoms with van der Waals surface area (Å²) in [6, 6.07) is 1.85. The first kappa shape index (κ1) is 10.7. The molecule has 1 aromatic heterocycles. The van der Waals surface area contributed by atoms with Crippen LogP contribution in [0.1, 0.15) is 37.3 Å². The molecule has 1 aliphatic carbocycles. The van der Waals surface area contributed by atoms with Crippen molar-refractivity contribution in [2.24, 2.45) is 5.73 Å². The van der Waals surface area contributed by atoms with Gasteiger partial charge in [0.15, 0.2) is 0 Å². The molecule has 3 heteroatoms. The summed E-state index contributed by atoms with van der Waals surface area (Å²) >= 11 is 6.07. The summed E-state index contributed by atoms with van der Waals surface area (Å²) in [5.41, 5.74) is 8.49. The lowest BCUT2D eigenvalue weighted by Crippen LogP contribution is -2.15. The number of rotatable bonds is 2. The average Bonchev–Trinajstić information content (AvgIpc) is 2.30. The van der Waals surface area contributed by atoms with E-state index in [0.717, 1.165) is 18.4 Å². The standard InChI is InChI=1S/C12H15ClN2/c13-11-8-15-7-6-10(11)12(14)9-4-2-1-3-5-9/h4,6-8,12H,1-3,5,14H2. The second-order valence-electron chi connectivity index (χ2n) is 3.90. The molecule has 0 amide bonds. The van der Waals surface area contributed by atoms with Crippen LogP contribution < -0.4 is 5.73 Å². The van der Waals surface area contributed by atoms with Gasteiger partial charge in [-0.15, -0.1) is 0 Å². The van der Waals surface area contributed by atoms with E-state index in [-0.39, 0.29) is 6.04 Å². The number of nitrogens with two attached hydrogens (primary N) is 1. The number of nitrogens with zero attached hydrogens (tertiary/aromatic N) is 1. The Morgan fingerprint density at radius 3 is 2.93 bits per heavy atom. The molecule has 1 atom stereocenters. The summed E-state index contributed by atoms with van der Waals surface area (Å²) in [5, 5.41) is 0.663. The highest BCUT2D eigenvalue weighted by atomic mass is 35.5. The van der Waals surface area contributed by atoms with Gasteiger partial charge in [-0.2, -0.15) is 0 Å². The van der Waals surface area contributed by atoms with Crippen LogP contribution in [0, 0.1) is 0 Å². The molecule has 15 heavy (non-hydrogen) atoms. The van der Waals surface area contributed by atoms with Crippen LogP contribution in [0.2, 0.25) is 5.02 Å². The number of halogens is 1. The highest BCUT2D eigenvalue weighted by Crippen LogP contribution is 2.30. The lowest BCUT2D eigenvalue weighted by Gasteiger charge is -2.20. The van der Waals surface area contributed by atoms with E-state index in [1.165, 1.54) is 18.4 Å². The summed E-state index contributed by atoms with van der Waals surface area (Å²) < 4.78 is 0. The Morgan fingerprint density at radius 1 is 1.40 bits per heavy atom. The zero-order chi connectivity index (χ0) is 10.7. The maximum absolute atomic E-state index is 6.19. The van der Waals surface area contributed by atoms with Crippen LogP contribution >= 0.6 is 11.6 Å². The molecule has 0 fully saturated rings. The van der Waals surface area contributed by atoms with Crippen LogP contribution in [0.15, 0.2) is 30.1 Å². The van der Waals surface area contributed by atoms with Gasteiger partial charge in [0, 0.05) is 12.4 Å². The van der Waals surface area contributed by atoms with Crippen molar-refractivity contribution < 1.29 is 0 Å². The minimum Gasteiger partial charge on any atom is -0.320 e. The number of hydrogen-bond donors (Lipinski definition) is 1. The first-order chi connectivity index (χ1) is 7.29. The van der Waals surface area contributed by atoms with E-state index < -0.39 is 0 Å². The molecule has 1 heterocycles. The van der Waals surface area contributed by atoms with E-state index in [0.29, 0.717) is 5.02 Å². The molecule has 1 aromatic rings. The van der Waals surface area contributed by atoms with Crippen molar-refractivity contribution in [3.05, 3.63) is 40.7 Å². The fourth-order valence-corrected chi connectivity index (χ4v) is 2.22. The van der Waals surface area contributed by atoms with Gasteiger partial charge in [0.1, 0.15) is 0 Å². The molecular weight excluding hydrogens is 208 g/mol. The number of hydrogen-bond acceptors (Lipinski definition) is 2. The largest absolute Gasteiger partial charge is 0.320 e. The normalized spacial score (nSPS) is 18.4. The van der Waals surface area contributed by atoms with Gasteiger partial charge in [0.25, 0.3) is 0 Å². The van der Waals surface area contributed by atoms with Crippen LogP contribution in [0.5, 0.6) is 0 Å². The minimum absolute atomic E-state index is 0.0548. The van der Waals surface area contributed by atoms with E-state index in [4.69, 9.17) is 17.3 Å². The van der Waals surface area contributed by atoms with E-state index in [1.807, 2.05) is 6.07 Å². The summed E-state index contributed by atoms with van der Waals surface area (Å²) in [4.78, 5) is 3.97. The van der Waals surface area contributed by atoms with Crippen LogP contribution in [-0.2, 0) is 0 Å². The monoisotopic (exact) mass is 222 g/mol. The third kappa shape index (κ3) is 2.39. The van der Waals surface area contributed by atoms with Gasteiger partial charge in [-0.3, -0.25) is 4.98 Å². The second-order valence-corrected chi connectivity index (χ2v) is 4.31. The third-order valence-corrected chi connectivity index (χ3v) is 3.18. The summed E-state index contributed by atoms with van der Waals surface area (Å²) in [6.07, 6.45) is 10.4. The van der Waals surface area contributed by atoms with Crippen molar-refractivity contribution in [3.8, 4) is 0 Å². The topological polar surface area (TPSA) is 38.9 Å². The van der Waals surface area contributed by atoms with Crippen LogP contribution in [0.4, 0.5) is 0 Å². The first-order valence-electron chi connectivity index (χ1n) is 5.33. The highest BCUT2D eigenvalue weighted by Gasteiger charge is 2.16. The lowest BCUT2D eigenvalue weighted by atomic mass is 9.91. The molecular formula is C12H15ClN2. The van der Waals surface area contributed by atoms with Crippen molar-refractivity contribution >= 4 is 11.6 Å². The molecule has 0 radical (unpaired) electrons. The number of pyridine rings is 1. The molecule has 0 bridgehead atoms. The molecule has 0 aliphatic heterocycles. The second kappa shape index (κ2) is 4.77. The summed E-state index contributed by atoms with van der Waals surface area (Å²) in [5.74, 6) is 0. The molecule has 0 saturated carbocycles. The Kier molecular flexibility index (Phi) is 3.39. The van der Waals surface area contributed by atoms with Gasteiger partial charge in [0.05, 0.1) is 11.1 Å². The fourth-order valence-electron chi connectivity index (χ4n) is 1.98. The van der Waals surface area contributed by atoms with E-state index >= 15 is 0 Å². The van der Waals surface area contributed by atoms with Crippen molar-refractivity contribution in [1.29, 1.82) is 0 Å². The van der Waals surface area contributed by atoms with Crippen LogP contribution in [-0.4, -0.2) is 4.98 Å². The Bertz CT molecular complexity index is 374. The molecule has 0 saturated heterocycles. The fraction of sp³-hybridized carbons (Fsp3) is 0.417. The number of allylic oxidation sites excluding steroid dienone is 1. The predicted octanol–water partition coefficient (Wildman–Crippen LogP) is 3.24. The van der Waals surface area contributed by atoms with Crippen LogP contribution in [0.3, 0.4) is 0 Å². The van der Waals surface area contributed by atoms with Crippen molar-refractivity contribution in [1.82, 2.24) is 4.98 Å². The Balaban J connectivity index is 2.23. The van der Waals surface area contributed by atoms with Crippen molar-refractivity contribution in [2.75, 3.05) is 0 Å². The van der Waals surface area contributed by atoms with Gasteiger partial charge < -0.3 is 5.73 Å². The van der Waals surface area contributed by atoms with E-state index in [1.54, 1.807) is 12.4 Å². The summed E-state index contributed by atoms with van der Waals surface area (Å²) in [7, 11) is 0. The van der Waals surface area contributed by atoms with Crippen LogP contribution in [0.25, 0.3) is 0 Å². The van der Waals surface area contributed by atoms with Gasteiger partial charge in [-0.1, -0.05) is 23.3 Å². The average molecular weight is 223 g/mol. The smallest absolute Gasteiger partial charge is 0.0640 e. The number of aromatic nitrogens is 1. The lowest BCUT2D eigenvalue weighted by molar-refractivity contribution is 0.648.